The fourth-order valence-corrected chi connectivity index (χ4v) is 6.88. The molecule has 2 aromatic rings. The van der Waals surface area contributed by atoms with E-state index in [0.29, 0.717) is 37.4 Å². The van der Waals surface area contributed by atoms with E-state index in [0.717, 1.165) is 12.2 Å². The van der Waals surface area contributed by atoms with Crippen LogP contribution in [0.15, 0.2) is 52.3 Å². The maximum atomic E-state index is 13.1. The second-order valence-electron chi connectivity index (χ2n) is 7.93. The Hall–Kier alpha value is -2.23. The standard InChI is InChI=1S/C23H28N2O5S2/c1-29-20-8-7-17(15-21(20)30-2)32(27,28)25-12-9-16(10-13-25)23(26)24-19-11-14-31-22-6-4-3-5-18(19)22/h3-8,15-16,19H,9-14H2,1-2H3,(H,24,26)/t19-/m1/s1. The third-order valence-electron chi connectivity index (χ3n) is 6.09. The lowest BCUT2D eigenvalue weighted by atomic mass is 9.95. The molecular formula is C23H28N2O5S2. The van der Waals surface area contributed by atoms with Gasteiger partial charge in [-0.05, 0) is 43.0 Å². The van der Waals surface area contributed by atoms with Crippen LogP contribution in [0, 0.1) is 5.92 Å². The molecule has 7 nitrogen and oxygen atoms in total. The molecule has 32 heavy (non-hydrogen) atoms. The van der Waals surface area contributed by atoms with Gasteiger partial charge in [-0.1, -0.05) is 18.2 Å². The molecule has 4 rings (SSSR count). The Morgan fingerprint density at radius 3 is 2.47 bits per heavy atom. The molecule has 0 aliphatic carbocycles. The Bertz CT molecular complexity index is 1080. The number of hydrogen-bond acceptors (Lipinski definition) is 6. The van der Waals surface area contributed by atoms with Crippen LogP contribution < -0.4 is 14.8 Å². The molecule has 1 atom stereocenters. The van der Waals surface area contributed by atoms with Crippen LogP contribution >= 0.6 is 11.8 Å². The second kappa shape index (κ2) is 9.72. The second-order valence-corrected chi connectivity index (χ2v) is 11.0. The highest BCUT2D eigenvalue weighted by molar-refractivity contribution is 7.99. The van der Waals surface area contributed by atoms with Crippen molar-refractivity contribution in [1.29, 1.82) is 0 Å². The molecule has 1 saturated heterocycles. The van der Waals surface area contributed by atoms with E-state index < -0.39 is 10.0 Å². The summed E-state index contributed by atoms with van der Waals surface area (Å²) in [5, 5.41) is 3.21. The molecule has 172 valence electrons. The molecule has 2 aliphatic rings. The summed E-state index contributed by atoms with van der Waals surface area (Å²) in [6, 6.07) is 12.8. The first-order valence-corrected chi connectivity index (χ1v) is 13.1. The minimum absolute atomic E-state index is 0.0138. The fourth-order valence-electron chi connectivity index (χ4n) is 4.27. The Morgan fingerprint density at radius 2 is 1.75 bits per heavy atom. The van der Waals surface area contributed by atoms with Crippen LogP contribution in [0.5, 0.6) is 11.5 Å². The normalized spacial score (nSPS) is 19.8. The number of sulfonamides is 1. The molecule has 0 bridgehead atoms. The lowest BCUT2D eigenvalue weighted by Gasteiger charge is -2.32. The number of piperidine rings is 1. The largest absolute Gasteiger partial charge is 0.493 e. The quantitative estimate of drug-likeness (QED) is 0.687. The summed E-state index contributed by atoms with van der Waals surface area (Å²) in [4.78, 5) is 14.3. The van der Waals surface area contributed by atoms with Gasteiger partial charge in [-0.2, -0.15) is 4.31 Å². The molecular weight excluding hydrogens is 448 g/mol. The molecule has 2 aliphatic heterocycles. The number of carbonyl (C=O) groups excluding carboxylic acids is 1. The number of rotatable bonds is 6. The first-order valence-electron chi connectivity index (χ1n) is 10.7. The van der Waals surface area contributed by atoms with Gasteiger partial charge < -0.3 is 14.8 Å². The smallest absolute Gasteiger partial charge is 0.243 e. The van der Waals surface area contributed by atoms with Gasteiger partial charge in [0.2, 0.25) is 15.9 Å². The summed E-state index contributed by atoms with van der Waals surface area (Å²) >= 11 is 1.82. The van der Waals surface area contributed by atoms with Gasteiger partial charge in [0.1, 0.15) is 0 Å². The lowest BCUT2D eigenvalue weighted by Crippen LogP contribution is -2.44. The van der Waals surface area contributed by atoms with E-state index in [1.807, 2.05) is 23.9 Å². The summed E-state index contributed by atoms with van der Waals surface area (Å²) in [6.07, 6.45) is 1.91. The van der Waals surface area contributed by atoms with Crippen molar-refractivity contribution in [2.24, 2.45) is 5.92 Å². The van der Waals surface area contributed by atoms with Crippen LogP contribution in [0.1, 0.15) is 30.9 Å². The number of fused-ring (bicyclic) bond motifs is 1. The van der Waals surface area contributed by atoms with Crippen molar-refractivity contribution in [1.82, 2.24) is 9.62 Å². The van der Waals surface area contributed by atoms with Crippen LogP contribution in [0.3, 0.4) is 0 Å². The van der Waals surface area contributed by atoms with Gasteiger partial charge >= 0.3 is 0 Å². The highest BCUT2D eigenvalue weighted by Crippen LogP contribution is 2.36. The van der Waals surface area contributed by atoms with E-state index in [9.17, 15) is 13.2 Å². The zero-order valence-corrected chi connectivity index (χ0v) is 19.9. The Balaban J connectivity index is 1.39. The molecule has 1 amide bonds. The monoisotopic (exact) mass is 476 g/mol. The van der Waals surface area contributed by atoms with Crippen molar-refractivity contribution >= 4 is 27.7 Å². The third kappa shape index (κ3) is 4.60. The van der Waals surface area contributed by atoms with Crippen LogP contribution in [0.2, 0.25) is 0 Å². The molecule has 0 spiro atoms. The predicted octanol–water partition coefficient (Wildman–Crippen LogP) is 3.46. The molecule has 1 N–H and O–H groups in total. The van der Waals surface area contributed by atoms with Gasteiger partial charge in [0, 0.05) is 35.7 Å². The van der Waals surface area contributed by atoms with Crippen molar-refractivity contribution in [3.63, 3.8) is 0 Å². The zero-order chi connectivity index (χ0) is 22.7. The average molecular weight is 477 g/mol. The SMILES string of the molecule is COc1ccc(S(=O)(=O)N2CCC(C(=O)N[C@@H]3CCSc4ccccc43)CC2)cc1OC. The molecule has 1 fully saturated rings. The molecule has 0 aromatic heterocycles. The number of thioether (sulfide) groups is 1. The van der Waals surface area contributed by atoms with Crippen molar-refractivity contribution in [2.75, 3.05) is 33.1 Å². The maximum Gasteiger partial charge on any atom is 0.243 e. The summed E-state index contributed by atoms with van der Waals surface area (Å²) in [5.74, 6) is 1.65. The lowest BCUT2D eigenvalue weighted by molar-refractivity contribution is -0.126. The van der Waals surface area contributed by atoms with Crippen LogP contribution in [-0.4, -0.2) is 51.7 Å². The first kappa shape index (κ1) is 22.9. The van der Waals surface area contributed by atoms with E-state index in [-0.39, 0.29) is 22.8 Å². The van der Waals surface area contributed by atoms with Crippen molar-refractivity contribution in [2.45, 2.75) is 35.1 Å². The van der Waals surface area contributed by atoms with E-state index in [1.165, 1.54) is 41.1 Å². The van der Waals surface area contributed by atoms with Crippen LogP contribution in [0.25, 0.3) is 0 Å². The fraction of sp³-hybridized carbons (Fsp3) is 0.435. The van der Waals surface area contributed by atoms with Crippen molar-refractivity contribution < 1.29 is 22.7 Å². The third-order valence-corrected chi connectivity index (χ3v) is 9.11. The van der Waals surface area contributed by atoms with Gasteiger partial charge in [-0.25, -0.2) is 8.42 Å². The highest BCUT2D eigenvalue weighted by Gasteiger charge is 2.34. The van der Waals surface area contributed by atoms with Gasteiger partial charge in [0.25, 0.3) is 0 Å². The van der Waals surface area contributed by atoms with Crippen LogP contribution in [0.4, 0.5) is 0 Å². The molecule has 9 heteroatoms. The van der Waals surface area contributed by atoms with Crippen molar-refractivity contribution in [3.05, 3.63) is 48.0 Å². The number of methoxy groups -OCH3 is 2. The minimum Gasteiger partial charge on any atom is -0.493 e. The van der Waals surface area contributed by atoms with E-state index in [4.69, 9.17) is 9.47 Å². The van der Waals surface area contributed by atoms with Gasteiger partial charge in [0.15, 0.2) is 11.5 Å². The molecule has 2 aromatic carbocycles. The van der Waals surface area contributed by atoms with E-state index in [2.05, 4.69) is 17.4 Å². The number of hydrogen-bond donors (Lipinski definition) is 1. The predicted molar refractivity (Wildman–Crippen MR) is 124 cm³/mol. The number of nitrogens with zero attached hydrogens (tertiary/aromatic N) is 1. The van der Waals surface area contributed by atoms with Crippen molar-refractivity contribution in [3.8, 4) is 11.5 Å². The van der Waals surface area contributed by atoms with Gasteiger partial charge in [0.05, 0.1) is 25.2 Å². The molecule has 0 radical (unpaired) electrons. The Kier molecular flexibility index (Phi) is 6.97. The number of amides is 1. The molecule has 2 heterocycles. The average Bonchev–Trinajstić information content (AvgIpc) is 2.83. The van der Waals surface area contributed by atoms with E-state index in [1.54, 1.807) is 6.07 Å². The summed E-state index contributed by atoms with van der Waals surface area (Å²) in [7, 11) is -0.692. The summed E-state index contributed by atoms with van der Waals surface area (Å²) in [5.41, 5.74) is 1.17. The number of carbonyl (C=O) groups is 1. The zero-order valence-electron chi connectivity index (χ0n) is 18.2. The Morgan fingerprint density at radius 1 is 1.03 bits per heavy atom. The summed E-state index contributed by atoms with van der Waals surface area (Å²) in [6.45, 7) is 0.623. The molecule has 0 unspecified atom stereocenters. The van der Waals surface area contributed by atoms with Crippen LogP contribution in [-0.2, 0) is 14.8 Å². The first-order chi connectivity index (χ1) is 15.4. The maximum absolute atomic E-state index is 13.1. The topological polar surface area (TPSA) is 84.9 Å². The minimum atomic E-state index is -3.67. The number of benzene rings is 2. The summed E-state index contributed by atoms with van der Waals surface area (Å²) < 4.78 is 38.1. The Labute approximate surface area is 193 Å². The number of ether oxygens (including phenoxy) is 2. The van der Waals surface area contributed by atoms with Gasteiger partial charge in [-0.15, -0.1) is 11.8 Å². The molecule has 0 saturated carbocycles. The van der Waals surface area contributed by atoms with Gasteiger partial charge in [-0.3, -0.25) is 4.79 Å². The highest BCUT2D eigenvalue weighted by atomic mass is 32.2. The number of nitrogens with one attached hydrogen (secondary N) is 1. The van der Waals surface area contributed by atoms with E-state index >= 15 is 0 Å².